The molecule has 1 aliphatic rings. The quantitative estimate of drug-likeness (QED) is 0.783. The van der Waals surface area contributed by atoms with Gasteiger partial charge in [-0.25, -0.2) is 14.1 Å². The molecular formula is C18H20N4O4S. The Morgan fingerprint density at radius 2 is 1.96 bits per heavy atom. The monoisotopic (exact) mass is 388 g/mol. The lowest BCUT2D eigenvalue weighted by Gasteiger charge is -2.28. The average Bonchev–Trinajstić information content (AvgIpc) is 2.73. The van der Waals surface area contributed by atoms with Crippen LogP contribution in [0.2, 0.25) is 0 Å². The molecule has 142 valence electrons. The molecule has 1 aromatic heterocycles. The second kappa shape index (κ2) is 8.74. The largest absolute Gasteiger partial charge is 0.493 e. The van der Waals surface area contributed by atoms with Crippen LogP contribution >= 0.6 is 12.8 Å². The number of carbonyl (C=O) groups is 2. The number of rotatable bonds is 4. The Labute approximate surface area is 162 Å². The number of hydrogen-bond acceptors (Lipinski definition) is 7. The molecule has 3 amide bonds. The fourth-order valence-electron chi connectivity index (χ4n) is 2.62. The van der Waals surface area contributed by atoms with E-state index in [4.69, 9.17) is 9.47 Å². The lowest BCUT2D eigenvalue weighted by Crippen LogP contribution is -2.37. The van der Waals surface area contributed by atoms with Crippen molar-refractivity contribution < 1.29 is 19.1 Å². The van der Waals surface area contributed by atoms with Crippen molar-refractivity contribution in [2.24, 2.45) is 0 Å². The van der Waals surface area contributed by atoms with Crippen LogP contribution in [0, 0.1) is 0 Å². The molecule has 8 nitrogen and oxygen atoms in total. The first-order valence-electron chi connectivity index (χ1n) is 8.36. The smallest absolute Gasteiger partial charge is 0.339 e. The van der Waals surface area contributed by atoms with E-state index in [-0.39, 0.29) is 0 Å². The lowest BCUT2D eigenvalue weighted by molar-refractivity contribution is 0.0901. The molecule has 2 aromatic rings. The first-order valence-corrected chi connectivity index (χ1v) is 8.76. The summed E-state index contributed by atoms with van der Waals surface area (Å²) in [5.74, 6) is 0.543. The maximum absolute atomic E-state index is 12.5. The van der Waals surface area contributed by atoms with Crippen LogP contribution in [0.25, 0.3) is 0 Å². The summed E-state index contributed by atoms with van der Waals surface area (Å²) in [6.45, 7) is 2.65. The number of morpholine rings is 1. The number of carbonyl (C=O) groups excluding carboxylic acids is 2. The van der Waals surface area contributed by atoms with Gasteiger partial charge >= 0.3 is 6.03 Å². The number of urea groups is 1. The van der Waals surface area contributed by atoms with Crippen LogP contribution in [-0.4, -0.2) is 54.6 Å². The van der Waals surface area contributed by atoms with Crippen molar-refractivity contribution >= 4 is 36.3 Å². The molecule has 27 heavy (non-hydrogen) atoms. The Morgan fingerprint density at radius 3 is 2.63 bits per heavy atom. The number of nitrogens with zero attached hydrogens (tertiary/aromatic N) is 3. The maximum Gasteiger partial charge on any atom is 0.339 e. The van der Waals surface area contributed by atoms with Crippen LogP contribution in [0.3, 0.4) is 0 Å². The molecule has 3 rings (SSSR count). The van der Waals surface area contributed by atoms with Crippen molar-refractivity contribution in [2.75, 3.05) is 43.6 Å². The van der Waals surface area contributed by atoms with Gasteiger partial charge in [-0.05, 0) is 12.1 Å². The standard InChI is InChI=1S/C18H20N4O4S/c1-25-15-12-19-16(21-7-9-26-10-8-21)11-14(15)20-18(24)22(27)17(23)13-5-3-2-4-6-13/h2-6,11-12,27H,7-10H2,1H3,(H,19,20,24). The molecule has 0 atom stereocenters. The van der Waals surface area contributed by atoms with E-state index >= 15 is 0 Å². The summed E-state index contributed by atoms with van der Waals surface area (Å²) < 4.78 is 11.3. The first-order chi connectivity index (χ1) is 13.1. The van der Waals surface area contributed by atoms with Crippen molar-refractivity contribution in [3.8, 4) is 5.75 Å². The molecule has 1 aliphatic heterocycles. The van der Waals surface area contributed by atoms with Crippen LogP contribution < -0.4 is 15.0 Å². The number of amides is 3. The number of anilines is 2. The number of benzene rings is 1. The summed E-state index contributed by atoms with van der Waals surface area (Å²) in [4.78, 5) is 31.3. The lowest BCUT2D eigenvalue weighted by atomic mass is 10.2. The number of methoxy groups -OCH3 is 1. The van der Waals surface area contributed by atoms with Gasteiger partial charge in [0.25, 0.3) is 5.91 Å². The van der Waals surface area contributed by atoms with Crippen molar-refractivity contribution in [3.63, 3.8) is 0 Å². The maximum atomic E-state index is 12.5. The molecule has 9 heteroatoms. The zero-order valence-electron chi connectivity index (χ0n) is 14.8. The van der Waals surface area contributed by atoms with Gasteiger partial charge in [0, 0.05) is 24.7 Å². The molecule has 0 saturated carbocycles. The van der Waals surface area contributed by atoms with Gasteiger partial charge < -0.3 is 19.7 Å². The molecule has 1 saturated heterocycles. The van der Waals surface area contributed by atoms with E-state index in [1.54, 1.807) is 36.4 Å². The van der Waals surface area contributed by atoms with Gasteiger partial charge in [0.1, 0.15) is 5.82 Å². The van der Waals surface area contributed by atoms with Gasteiger partial charge in [-0.15, -0.1) is 0 Å². The third-order valence-electron chi connectivity index (χ3n) is 4.06. The van der Waals surface area contributed by atoms with E-state index in [1.165, 1.54) is 13.3 Å². The van der Waals surface area contributed by atoms with Crippen LogP contribution in [0.5, 0.6) is 5.75 Å². The zero-order chi connectivity index (χ0) is 19.2. The van der Waals surface area contributed by atoms with Gasteiger partial charge in [0.15, 0.2) is 5.75 Å². The number of nitrogens with one attached hydrogen (secondary N) is 1. The summed E-state index contributed by atoms with van der Waals surface area (Å²) in [5.41, 5.74) is 0.761. The Balaban J connectivity index is 1.76. The van der Waals surface area contributed by atoms with Gasteiger partial charge in [-0.1, -0.05) is 31.0 Å². The van der Waals surface area contributed by atoms with Gasteiger partial charge in [0.05, 0.1) is 32.2 Å². The van der Waals surface area contributed by atoms with E-state index in [2.05, 4.69) is 23.1 Å². The van der Waals surface area contributed by atoms with Crippen LogP contribution in [0.15, 0.2) is 42.6 Å². The molecule has 0 aliphatic carbocycles. The number of ether oxygens (including phenoxy) is 2. The van der Waals surface area contributed by atoms with E-state index in [0.29, 0.717) is 49.1 Å². The van der Waals surface area contributed by atoms with Crippen molar-refractivity contribution in [1.29, 1.82) is 0 Å². The molecule has 1 N–H and O–H groups in total. The van der Waals surface area contributed by atoms with Gasteiger partial charge in [-0.3, -0.25) is 4.79 Å². The van der Waals surface area contributed by atoms with Crippen LogP contribution in [0.4, 0.5) is 16.3 Å². The van der Waals surface area contributed by atoms with Crippen LogP contribution in [-0.2, 0) is 4.74 Å². The summed E-state index contributed by atoms with van der Waals surface area (Å²) >= 11 is 4.04. The summed E-state index contributed by atoms with van der Waals surface area (Å²) in [6.07, 6.45) is 1.53. The van der Waals surface area contributed by atoms with Gasteiger partial charge in [0.2, 0.25) is 0 Å². The molecule has 0 unspecified atom stereocenters. The molecule has 2 heterocycles. The Bertz CT molecular complexity index is 812. The second-order valence-corrected chi connectivity index (χ2v) is 6.16. The second-order valence-electron chi connectivity index (χ2n) is 5.76. The minimum atomic E-state index is -0.690. The fourth-order valence-corrected chi connectivity index (χ4v) is 2.79. The highest BCUT2D eigenvalue weighted by molar-refractivity contribution is 7.79. The van der Waals surface area contributed by atoms with Gasteiger partial charge in [-0.2, -0.15) is 0 Å². The SMILES string of the molecule is COc1cnc(N2CCOCC2)cc1NC(=O)N(S)C(=O)c1ccccc1. The Kier molecular flexibility index (Phi) is 6.15. The third-order valence-corrected chi connectivity index (χ3v) is 4.42. The van der Waals surface area contributed by atoms with Crippen LogP contribution in [0.1, 0.15) is 10.4 Å². The van der Waals surface area contributed by atoms with Crippen molar-refractivity contribution in [3.05, 3.63) is 48.2 Å². The predicted molar refractivity (Wildman–Crippen MR) is 104 cm³/mol. The zero-order valence-corrected chi connectivity index (χ0v) is 15.7. The summed E-state index contributed by atoms with van der Waals surface area (Å²) in [7, 11) is 1.48. The molecule has 0 radical (unpaired) electrons. The number of thiol groups is 1. The molecule has 1 fully saturated rings. The van der Waals surface area contributed by atoms with Crippen molar-refractivity contribution in [1.82, 2.24) is 9.29 Å². The summed E-state index contributed by atoms with van der Waals surface area (Å²) in [6, 6.07) is 9.46. The average molecular weight is 388 g/mol. The molecule has 1 aromatic carbocycles. The van der Waals surface area contributed by atoms with E-state index in [1.807, 2.05) is 4.90 Å². The number of aromatic nitrogens is 1. The minimum absolute atomic E-state index is 0.360. The number of hydrogen-bond donors (Lipinski definition) is 2. The molecule has 0 spiro atoms. The first kappa shape index (κ1) is 19.0. The highest BCUT2D eigenvalue weighted by Crippen LogP contribution is 2.28. The fraction of sp³-hybridized carbons (Fsp3) is 0.278. The highest BCUT2D eigenvalue weighted by atomic mass is 32.1. The normalized spacial score (nSPS) is 13.8. The van der Waals surface area contributed by atoms with E-state index < -0.39 is 11.9 Å². The highest BCUT2D eigenvalue weighted by Gasteiger charge is 2.22. The van der Waals surface area contributed by atoms with E-state index in [9.17, 15) is 9.59 Å². The Morgan fingerprint density at radius 1 is 1.26 bits per heavy atom. The molecular weight excluding hydrogens is 368 g/mol. The molecule has 0 bridgehead atoms. The Hall–Kier alpha value is -2.78. The topological polar surface area (TPSA) is 84.0 Å². The van der Waals surface area contributed by atoms with E-state index in [0.717, 1.165) is 4.31 Å². The summed E-state index contributed by atoms with van der Waals surface area (Å²) in [5, 5.41) is 2.66. The minimum Gasteiger partial charge on any atom is -0.493 e. The number of imide groups is 1. The van der Waals surface area contributed by atoms with Crippen molar-refractivity contribution in [2.45, 2.75) is 0 Å². The predicted octanol–water partition coefficient (Wildman–Crippen LogP) is 2.45. The number of pyridine rings is 1. The third kappa shape index (κ3) is 4.50.